The Bertz CT molecular complexity index is 989. The van der Waals surface area contributed by atoms with Gasteiger partial charge in [0.15, 0.2) is 5.82 Å². The normalized spacial score (nSPS) is 14.6. The van der Waals surface area contributed by atoms with Crippen molar-refractivity contribution in [1.29, 1.82) is 0 Å². The minimum Gasteiger partial charge on any atom is -0.354 e. The summed E-state index contributed by atoms with van der Waals surface area (Å²) in [6.07, 6.45) is 3.17. The zero-order valence-corrected chi connectivity index (χ0v) is 15.9. The van der Waals surface area contributed by atoms with E-state index in [1.54, 1.807) is 37.4 Å². The Kier molecular flexibility index (Phi) is 5.36. The Balaban J connectivity index is 1.47. The minimum absolute atomic E-state index is 0.159. The summed E-state index contributed by atoms with van der Waals surface area (Å²) in [6, 6.07) is 8.93. The van der Waals surface area contributed by atoms with Crippen LogP contribution in [-0.2, 0) is 0 Å². The predicted octanol–water partition coefficient (Wildman–Crippen LogP) is 1.40. The highest BCUT2D eigenvalue weighted by atomic mass is 16.5. The van der Waals surface area contributed by atoms with Crippen molar-refractivity contribution in [2.75, 3.05) is 36.4 Å². The maximum absolute atomic E-state index is 12.6. The van der Waals surface area contributed by atoms with E-state index in [0.717, 1.165) is 5.82 Å². The molecule has 0 spiro atoms. The summed E-state index contributed by atoms with van der Waals surface area (Å²) < 4.78 is 0. The fourth-order valence-corrected chi connectivity index (χ4v) is 2.95. The number of pyridine rings is 2. The fourth-order valence-electron chi connectivity index (χ4n) is 2.95. The van der Waals surface area contributed by atoms with Crippen LogP contribution in [0.15, 0.2) is 42.7 Å². The van der Waals surface area contributed by atoms with Crippen LogP contribution < -0.4 is 10.2 Å². The van der Waals surface area contributed by atoms with Gasteiger partial charge in [-0.05, 0) is 31.2 Å². The lowest BCUT2D eigenvalue weighted by molar-refractivity contribution is -0.0936. The van der Waals surface area contributed by atoms with E-state index >= 15 is 0 Å². The first-order chi connectivity index (χ1) is 14.1. The van der Waals surface area contributed by atoms with Gasteiger partial charge in [0.1, 0.15) is 17.3 Å². The smallest absolute Gasteiger partial charge is 0.259 e. The van der Waals surface area contributed by atoms with Crippen LogP contribution in [0.5, 0.6) is 0 Å². The lowest BCUT2D eigenvalue weighted by Crippen LogP contribution is -2.45. The summed E-state index contributed by atoms with van der Waals surface area (Å²) in [5.74, 6) is 1.44. The van der Waals surface area contributed by atoms with E-state index in [0.29, 0.717) is 49.1 Å². The van der Waals surface area contributed by atoms with Crippen molar-refractivity contribution < 1.29 is 10.0 Å². The van der Waals surface area contributed by atoms with Crippen molar-refractivity contribution in [2.45, 2.75) is 6.92 Å². The van der Waals surface area contributed by atoms with Gasteiger partial charge in [-0.3, -0.25) is 15.1 Å². The van der Waals surface area contributed by atoms with E-state index in [1.807, 2.05) is 6.07 Å². The van der Waals surface area contributed by atoms with Crippen LogP contribution in [0.1, 0.15) is 16.2 Å². The second-order valence-electron chi connectivity index (χ2n) is 6.54. The maximum Gasteiger partial charge on any atom is 0.259 e. The van der Waals surface area contributed by atoms with Crippen LogP contribution in [0.2, 0.25) is 0 Å². The molecule has 4 heterocycles. The van der Waals surface area contributed by atoms with E-state index in [2.05, 4.69) is 35.1 Å². The van der Waals surface area contributed by atoms with Gasteiger partial charge >= 0.3 is 0 Å². The quantitative estimate of drug-likeness (QED) is 0.679. The van der Waals surface area contributed by atoms with Gasteiger partial charge in [0.25, 0.3) is 5.91 Å². The van der Waals surface area contributed by atoms with Gasteiger partial charge in [-0.25, -0.2) is 9.97 Å². The Labute approximate surface area is 167 Å². The number of carbonyl (C=O) groups excluding carboxylic acids is 1. The molecule has 1 amide bonds. The lowest BCUT2D eigenvalue weighted by Gasteiger charge is -2.31. The SMILES string of the molecule is Cc1nc(NC(=O)c2ccc(N3CCN(O)CC3)nc2)nc(-c2ccccn2)n1. The van der Waals surface area contributed by atoms with Crippen LogP contribution in [0.3, 0.4) is 0 Å². The van der Waals surface area contributed by atoms with Gasteiger partial charge in [0.05, 0.1) is 5.56 Å². The van der Waals surface area contributed by atoms with Gasteiger partial charge in [-0.1, -0.05) is 6.07 Å². The number of amides is 1. The number of nitrogens with zero attached hydrogens (tertiary/aromatic N) is 7. The zero-order valence-electron chi connectivity index (χ0n) is 15.9. The van der Waals surface area contributed by atoms with Crippen LogP contribution in [0.4, 0.5) is 11.8 Å². The number of aryl methyl sites for hydroxylation is 1. The number of carbonyl (C=O) groups is 1. The molecule has 148 valence electrons. The monoisotopic (exact) mass is 392 g/mol. The van der Waals surface area contributed by atoms with E-state index in [9.17, 15) is 10.0 Å². The predicted molar refractivity (Wildman–Crippen MR) is 106 cm³/mol. The molecule has 0 aliphatic carbocycles. The highest BCUT2D eigenvalue weighted by Crippen LogP contribution is 2.16. The summed E-state index contributed by atoms with van der Waals surface area (Å²) in [5, 5.41) is 13.4. The largest absolute Gasteiger partial charge is 0.354 e. The summed E-state index contributed by atoms with van der Waals surface area (Å²) >= 11 is 0. The number of nitrogens with one attached hydrogen (secondary N) is 1. The number of hydroxylamine groups is 2. The third kappa shape index (κ3) is 4.50. The summed E-state index contributed by atoms with van der Waals surface area (Å²) in [7, 11) is 0. The van der Waals surface area contributed by atoms with Gasteiger partial charge in [-0.15, -0.1) is 0 Å². The molecule has 1 saturated heterocycles. The fraction of sp³-hybridized carbons (Fsp3) is 0.263. The lowest BCUT2D eigenvalue weighted by atomic mass is 10.2. The van der Waals surface area contributed by atoms with Crippen molar-refractivity contribution in [1.82, 2.24) is 30.0 Å². The number of rotatable bonds is 4. The average molecular weight is 392 g/mol. The molecule has 3 aromatic rings. The minimum atomic E-state index is -0.359. The Morgan fingerprint density at radius 1 is 1.03 bits per heavy atom. The van der Waals surface area contributed by atoms with E-state index in [1.165, 1.54) is 11.3 Å². The van der Waals surface area contributed by atoms with Crippen LogP contribution in [0.25, 0.3) is 11.5 Å². The Morgan fingerprint density at radius 2 is 1.86 bits per heavy atom. The number of piperazine rings is 1. The molecule has 3 aromatic heterocycles. The highest BCUT2D eigenvalue weighted by molar-refractivity contribution is 6.03. The van der Waals surface area contributed by atoms with Gasteiger partial charge in [0.2, 0.25) is 5.95 Å². The second-order valence-corrected chi connectivity index (χ2v) is 6.54. The van der Waals surface area contributed by atoms with Crippen molar-refractivity contribution >= 4 is 17.7 Å². The number of hydrogen-bond acceptors (Lipinski definition) is 9. The molecule has 10 nitrogen and oxygen atoms in total. The third-order valence-corrected chi connectivity index (χ3v) is 4.46. The number of aromatic nitrogens is 5. The first-order valence-corrected chi connectivity index (χ1v) is 9.19. The second kappa shape index (κ2) is 8.25. The van der Waals surface area contributed by atoms with E-state index in [4.69, 9.17) is 0 Å². The molecule has 0 unspecified atom stereocenters. The molecule has 29 heavy (non-hydrogen) atoms. The summed E-state index contributed by atoms with van der Waals surface area (Å²) in [5.41, 5.74) is 0.995. The van der Waals surface area contributed by atoms with Gasteiger partial charge < -0.3 is 10.1 Å². The molecule has 4 rings (SSSR count). The Hall–Kier alpha value is -3.50. The third-order valence-electron chi connectivity index (χ3n) is 4.46. The number of hydrogen-bond donors (Lipinski definition) is 2. The van der Waals surface area contributed by atoms with Crippen LogP contribution >= 0.6 is 0 Å². The first kappa shape index (κ1) is 18.8. The molecule has 10 heteroatoms. The molecule has 0 atom stereocenters. The first-order valence-electron chi connectivity index (χ1n) is 9.19. The van der Waals surface area contributed by atoms with E-state index in [-0.39, 0.29) is 11.9 Å². The van der Waals surface area contributed by atoms with Crippen LogP contribution in [-0.4, -0.2) is 67.3 Å². The highest BCUT2D eigenvalue weighted by Gasteiger charge is 2.17. The molecule has 0 aromatic carbocycles. The van der Waals surface area contributed by atoms with Crippen molar-refractivity contribution in [3.8, 4) is 11.5 Å². The number of anilines is 2. The summed E-state index contributed by atoms with van der Waals surface area (Å²) in [6.45, 7) is 4.19. The zero-order chi connectivity index (χ0) is 20.2. The molecule has 0 saturated carbocycles. The average Bonchev–Trinajstić information content (AvgIpc) is 2.74. The molecule has 0 radical (unpaired) electrons. The molecule has 1 aliphatic heterocycles. The molecule has 1 fully saturated rings. The van der Waals surface area contributed by atoms with Crippen molar-refractivity contribution in [3.63, 3.8) is 0 Å². The molecule has 2 N–H and O–H groups in total. The molecular formula is C19H20N8O2. The topological polar surface area (TPSA) is 120 Å². The van der Waals surface area contributed by atoms with Crippen molar-refractivity contribution in [2.24, 2.45) is 0 Å². The van der Waals surface area contributed by atoms with E-state index < -0.39 is 0 Å². The van der Waals surface area contributed by atoms with Crippen molar-refractivity contribution in [3.05, 3.63) is 54.1 Å². The molecule has 1 aliphatic rings. The maximum atomic E-state index is 12.6. The van der Waals surface area contributed by atoms with Gasteiger partial charge in [-0.2, -0.15) is 15.0 Å². The van der Waals surface area contributed by atoms with Gasteiger partial charge in [0, 0.05) is 38.6 Å². The standard InChI is InChI=1S/C19H20N8O2/c1-13-22-17(15-4-2-3-7-20-15)24-19(23-13)25-18(28)14-5-6-16(21-12-14)26-8-10-27(29)11-9-26/h2-7,12,29H,8-11H2,1H3,(H,22,23,24,25,28). The Morgan fingerprint density at radius 3 is 2.55 bits per heavy atom. The molecular weight excluding hydrogens is 372 g/mol. The summed E-state index contributed by atoms with van der Waals surface area (Å²) in [4.78, 5) is 36.0. The molecule has 0 bridgehead atoms. The van der Waals surface area contributed by atoms with Crippen LogP contribution in [0, 0.1) is 6.92 Å².